The second kappa shape index (κ2) is 5.14. The second-order valence-corrected chi connectivity index (χ2v) is 4.87. The van der Waals surface area contributed by atoms with Crippen LogP contribution in [0.2, 0.25) is 0 Å². The van der Waals surface area contributed by atoms with Crippen molar-refractivity contribution in [2.24, 2.45) is 0 Å². The van der Waals surface area contributed by atoms with Crippen LogP contribution in [-0.4, -0.2) is 29.8 Å². The molecule has 2 saturated heterocycles. The van der Waals surface area contributed by atoms with Gasteiger partial charge in [0.2, 0.25) is 0 Å². The first-order chi connectivity index (χ1) is 8.43. The molecule has 1 atom stereocenters. The molecule has 0 aromatic carbocycles. The number of nitrogens with zero attached hydrogens (tertiary/aromatic N) is 2. The SMILES string of the molecule is C1CCC(c2nc(C3CCNCC3)no2)OC1. The number of ether oxygens (including phenoxy) is 1. The van der Waals surface area contributed by atoms with Crippen LogP contribution in [0.25, 0.3) is 0 Å². The summed E-state index contributed by atoms with van der Waals surface area (Å²) in [4.78, 5) is 4.53. The second-order valence-electron chi connectivity index (χ2n) is 4.87. The summed E-state index contributed by atoms with van der Waals surface area (Å²) in [7, 11) is 0. The molecule has 94 valence electrons. The Balaban J connectivity index is 1.68. The van der Waals surface area contributed by atoms with E-state index in [0.29, 0.717) is 11.8 Å². The third-order valence-corrected chi connectivity index (χ3v) is 3.62. The Morgan fingerprint density at radius 3 is 2.76 bits per heavy atom. The molecule has 0 aliphatic carbocycles. The first-order valence-corrected chi connectivity index (χ1v) is 6.59. The van der Waals surface area contributed by atoms with E-state index in [9.17, 15) is 0 Å². The number of rotatable bonds is 2. The predicted octanol–water partition coefficient (Wildman–Crippen LogP) is 1.78. The van der Waals surface area contributed by atoms with Crippen molar-refractivity contribution in [3.63, 3.8) is 0 Å². The molecule has 2 aliphatic rings. The van der Waals surface area contributed by atoms with Crippen molar-refractivity contribution in [3.8, 4) is 0 Å². The maximum Gasteiger partial charge on any atom is 0.255 e. The van der Waals surface area contributed by atoms with Crippen LogP contribution in [0.3, 0.4) is 0 Å². The smallest absolute Gasteiger partial charge is 0.255 e. The number of aromatic nitrogens is 2. The maximum atomic E-state index is 5.66. The first kappa shape index (κ1) is 11.2. The Morgan fingerprint density at radius 2 is 2.00 bits per heavy atom. The van der Waals surface area contributed by atoms with Gasteiger partial charge in [-0.15, -0.1) is 0 Å². The van der Waals surface area contributed by atoms with Crippen molar-refractivity contribution in [3.05, 3.63) is 11.7 Å². The van der Waals surface area contributed by atoms with Gasteiger partial charge in [-0.3, -0.25) is 0 Å². The molecule has 0 amide bonds. The largest absolute Gasteiger partial charge is 0.368 e. The molecule has 1 aromatic rings. The van der Waals surface area contributed by atoms with Gasteiger partial charge in [-0.2, -0.15) is 4.98 Å². The Labute approximate surface area is 101 Å². The van der Waals surface area contributed by atoms with E-state index in [4.69, 9.17) is 9.26 Å². The van der Waals surface area contributed by atoms with Gasteiger partial charge < -0.3 is 14.6 Å². The molecule has 0 radical (unpaired) electrons. The molecule has 1 aromatic heterocycles. The van der Waals surface area contributed by atoms with Gasteiger partial charge in [-0.1, -0.05) is 5.16 Å². The average molecular weight is 237 g/mol. The Hall–Kier alpha value is -0.940. The molecule has 3 heterocycles. The van der Waals surface area contributed by atoms with Crippen LogP contribution in [0, 0.1) is 0 Å². The summed E-state index contributed by atoms with van der Waals surface area (Å²) in [5.41, 5.74) is 0. The van der Waals surface area contributed by atoms with Crippen molar-refractivity contribution >= 4 is 0 Å². The summed E-state index contributed by atoms with van der Waals surface area (Å²) in [5, 5.41) is 7.46. The molecule has 5 heteroatoms. The Morgan fingerprint density at radius 1 is 1.12 bits per heavy atom. The molecule has 2 fully saturated rings. The molecule has 2 aliphatic heterocycles. The number of hydrogen-bond donors (Lipinski definition) is 1. The first-order valence-electron chi connectivity index (χ1n) is 6.59. The van der Waals surface area contributed by atoms with Crippen LogP contribution in [-0.2, 0) is 4.74 Å². The van der Waals surface area contributed by atoms with Gasteiger partial charge >= 0.3 is 0 Å². The zero-order chi connectivity index (χ0) is 11.5. The molecule has 0 spiro atoms. The Bertz CT molecular complexity index is 322. The fraction of sp³-hybridized carbons (Fsp3) is 0.833. The van der Waals surface area contributed by atoms with Gasteiger partial charge in [0.05, 0.1) is 0 Å². The molecule has 0 bridgehead atoms. The molecule has 3 rings (SSSR count). The number of piperidine rings is 1. The lowest BCUT2D eigenvalue weighted by Crippen LogP contribution is -2.27. The summed E-state index contributed by atoms with van der Waals surface area (Å²) in [6, 6.07) is 0. The van der Waals surface area contributed by atoms with Crippen molar-refractivity contribution in [1.29, 1.82) is 0 Å². The molecule has 1 unspecified atom stereocenters. The van der Waals surface area contributed by atoms with E-state index in [1.165, 1.54) is 6.42 Å². The topological polar surface area (TPSA) is 60.2 Å². The summed E-state index contributed by atoms with van der Waals surface area (Å²) in [5.74, 6) is 2.01. The van der Waals surface area contributed by atoms with E-state index in [1.54, 1.807) is 0 Å². The van der Waals surface area contributed by atoms with Crippen LogP contribution in [0.15, 0.2) is 4.52 Å². The molecule has 17 heavy (non-hydrogen) atoms. The molecule has 5 nitrogen and oxygen atoms in total. The third kappa shape index (κ3) is 2.50. The predicted molar refractivity (Wildman–Crippen MR) is 61.7 cm³/mol. The minimum atomic E-state index is 0.0340. The summed E-state index contributed by atoms with van der Waals surface area (Å²) in [6.07, 6.45) is 5.58. The monoisotopic (exact) mass is 237 g/mol. The standard InChI is InChI=1S/C12H19N3O2/c1-2-8-16-10(3-1)12-14-11(15-17-12)9-4-6-13-7-5-9/h9-10,13H,1-8H2. The number of hydrogen-bond acceptors (Lipinski definition) is 5. The minimum Gasteiger partial charge on any atom is -0.368 e. The summed E-state index contributed by atoms with van der Waals surface area (Å²) in [6.45, 7) is 2.92. The van der Waals surface area contributed by atoms with Crippen molar-refractivity contribution in [2.45, 2.75) is 44.1 Å². The lowest BCUT2D eigenvalue weighted by Gasteiger charge is -2.20. The Kier molecular flexibility index (Phi) is 3.38. The van der Waals surface area contributed by atoms with E-state index in [1.807, 2.05) is 0 Å². The van der Waals surface area contributed by atoms with Crippen LogP contribution in [0.1, 0.15) is 55.8 Å². The van der Waals surface area contributed by atoms with Crippen LogP contribution < -0.4 is 5.32 Å². The zero-order valence-corrected chi connectivity index (χ0v) is 10.0. The van der Waals surface area contributed by atoms with Gasteiger partial charge in [0.25, 0.3) is 5.89 Å². The van der Waals surface area contributed by atoms with Gasteiger partial charge in [0.1, 0.15) is 6.10 Å². The molecule has 0 saturated carbocycles. The molecular weight excluding hydrogens is 218 g/mol. The summed E-state index contributed by atoms with van der Waals surface area (Å²) >= 11 is 0. The highest BCUT2D eigenvalue weighted by atomic mass is 16.5. The van der Waals surface area contributed by atoms with Gasteiger partial charge in [-0.25, -0.2) is 0 Å². The molecule has 1 N–H and O–H groups in total. The van der Waals surface area contributed by atoms with Crippen molar-refractivity contribution in [2.75, 3.05) is 19.7 Å². The van der Waals surface area contributed by atoms with E-state index in [2.05, 4.69) is 15.5 Å². The fourth-order valence-electron chi connectivity index (χ4n) is 2.56. The van der Waals surface area contributed by atoms with Crippen LogP contribution >= 0.6 is 0 Å². The fourth-order valence-corrected chi connectivity index (χ4v) is 2.56. The normalized spacial score (nSPS) is 27.2. The van der Waals surface area contributed by atoms with Crippen molar-refractivity contribution in [1.82, 2.24) is 15.5 Å². The van der Waals surface area contributed by atoms with Gasteiger partial charge in [-0.05, 0) is 45.2 Å². The minimum absolute atomic E-state index is 0.0340. The van der Waals surface area contributed by atoms with E-state index < -0.39 is 0 Å². The van der Waals surface area contributed by atoms with Gasteiger partial charge in [0.15, 0.2) is 5.82 Å². The van der Waals surface area contributed by atoms with E-state index in [-0.39, 0.29) is 6.10 Å². The average Bonchev–Trinajstić information content (AvgIpc) is 2.90. The lowest BCUT2D eigenvalue weighted by molar-refractivity contribution is -0.00459. The highest BCUT2D eigenvalue weighted by molar-refractivity contribution is 4.99. The van der Waals surface area contributed by atoms with E-state index >= 15 is 0 Å². The quantitative estimate of drug-likeness (QED) is 0.849. The number of nitrogens with one attached hydrogen (secondary N) is 1. The van der Waals surface area contributed by atoms with Crippen LogP contribution in [0.4, 0.5) is 0 Å². The highest BCUT2D eigenvalue weighted by Crippen LogP contribution is 2.29. The van der Waals surface area contributed by atoms with E-state index in [0.717, 1.165) is 51.2 Å². The van der Waals surface area contributed by atoms with Crippen LogP contribution in [0.5, 0.6) is 0 Å². The third-order valence-electron chi connectivity index (χ3n) is 3.62. The van der Waals surface area contributed by atoms with Gasteiger partial charge in [0, 0.05) is 12.5 Å². The highest BCUT2D eigenvalue weighted by Gasteiger charge is 2.25. The maximum absolute atomic E-state index is 5.66. The lowest BCUT2D eigenvalue weighted by atomic mass is 9.97. The summed E-state index contributed by atoms with van der Waals surface area (Å²) < 4.78 is 11.0. The molecular formula is C12H19N3O2. The van der Waals surface area contributed by atoms with Crippen molar-refractivity contribution < 1.29 is 9.26 Å². The zero-order valence-electron chi connectivity index (χ0n) is 10.0.